The molecular formula is C51H39F2N11O4S. The molecule has 0 amide bonds. The smallest absolute Gasteiger partial charge is 0.268 e. The van der Waals surface area contributed by atoms with E-state index < -0.39 is 21.6 Å². The monoisotopic (exact) mass is 939 g/mol. The zero-order valence-electron chi connectivity index (χ0n) is 36.4. The molecule has 0 saturated heterocycles. The molecule has 15 nitrogen and oxygen atoms in total. The number of benzene rings is 5. The lowest BCUT2D eigenvalue weighted by Crippen LogP contribution is -2.19. The fourth-order valence-electron chi connectivity index (χ4n) is 8.91. The Morgan fingerprint density at radius 2 is 1.22 bits per heavy atom. The zero-order chi connectivity index (χ0) is 47.3. The molecule has 3 aliphatic rings. The van der Waals surface area contributed by atoms with Gasteiger partial charge < -0.3 is 21.4 Å². The average molecular weight is 940 g/mol. The first kappa shape index (κ1) is 41.9. The van der Waals surface area contributed by atoms with Crippen LogP contribution in [0.15, 0.2) is 132 Å². The number of rotatable bonds is 10. The van der Waals surface area contributed by atoms with Gasteiger partial charge in [-0.3, -0.25) is 9.59 Å². The molecule has 6 N–H and O–H groups in total. The SMILES string of the molecule is Nc1c(C(=O)C2=Cc3cc(F)ccc3C2)cnn1-c1ccc2nc(C3CC3)[nH]c2c1.Nc1c(C(=O)c2cc3cc(F)ccc3n2S(=O)(=O)c2ccccc2)cnn1-c1ccc2nc(C3CC3)[nH]c2c1. The highest BCUT2D eigenvalue weighted by atomic mass is 32.2. The van der Waals surface area contributed by atoms with Crippen molar-refractivity contribution in [1.29, 1.82) is 0 Å². The number of nitrogens with zero attached hydrogens (tertiary/aromatic N) is 7. The number of hydrogen-bond donors (Lipinski definition) is 4. The minimum Gasteiger partial charge on any atom is -0.383 e. The van der Waals surface area contributed by atoms with E-state index >= 15 is 0 Å². The summed E-state index contributed by atoms with van der Waals surface area (Å²) in [7, 11) is -4.21. The molecule has 0 bridgehead atoms. The number of fused-ring (bicyclic) bond motifs is 4. The van der Waals surface area contributed by atoms with Crippen molar-refractivity contribution >= 4 is 72.3 Å². The Labute approximate surface area is 391 Å². The number of aromatic nitrogens is 9. The van der Waals surface area contributed by atoms with Gasteiger partial charge in [0.1, 0.15) is 40.6 Å². The van der Waals surface area contributed by atoms with Crippen LogP contribution in [0.1, 0.15) is 86.7 Å². The van der Waals surface area contributed by atoms with E-state index in [0.29, 0.717) is 35.1 Å². The number of halogens is 2. The standard InChI is InChI=1S/C28H21FN6O3S.C23H18FN5O/c29-18-8-11-24-17(12-18)13-25(35(24)39(37,38)20-4-2-1-3-5-20)26(36)21-15-31-34(27(21)30)19-9-10-22-23(14-19)33-28(32-22)16-6-7-16;24-16-4-3-13-7-15(8-14(13)9-16)21(30)18-11-26-29(22(18)25)17-5-6-19-20(10-17)28-23(27-19)12-1-2-12/h1-5,8-16H,6-7,30H2,(H,32,33);3-6,8-12H,1-2,7,25H2,(H,27,28). The van der Waals surface area contributed by atoms with Gasteiger partial charge in [0.2, 0.25) is 5.78 Å². The molecule has 2 fully saturated rings. The number of aromatic amines is 2. The lowest BCUT2D eigenvalue weighted by molar-refractivity contribution is 0.102. The first-order valence-corrected chi connectivity index (χ1v) is 23.7. The first-order valence-electron chi connectivity index (χ1n) is 22.2. The predicted molar refractivity (Wildman–Crippen MR) is 256 cm³/mol. The number of ketones is 2. The molecule has 5 heterocycles. The van der Waals surface area contributed by atoms with E-state index in [9.17, 15) is 26.8 Å². The summed E-state index contributed by atoms with van der Waals surface area (Å²) in [5.41, 5.74) is 20.2. The number of nitrogens with two attached hydrogens (primary N) is 2. The van der Waals surface area contributed by atoms with E-state index in [1.807, 2.05) is 30.3 Å². The van der Waals surface area contributed by atoms with Crippen molar-refractivity contribution < 1.29 is 26.8 Å². The Balaban J connectivity index is 0.000000148. The molecule has 10 aromatic rings. The van der Waals surface area contributed by atoms with Gasteiger partial charge in [-0.15, -0.1) is 0 Å². The summed E-state index contributed by atoms with van der Waals surface area (Å²) in [5, 5.41) is 8.95. The van der Waals surface area contributed by atoms with Crippen LogP contribution in [0.4, 0.5) is 20.4 Å². The second-order valence-corrected chi connectivity index (χ2v) is 19.4. The fraction of sp³-hybridized carbons (Fsp3) is 0.137. The summed E-state index contributed by atoms with van der Waals surface area (Å²) in [6, 6.07) is 28.6. The molecule has 0 radical (unpaired) electrons. The number of imidazole rings is 2. The maximum atomic E-state index is 14.1. The first-order chi connectivity index (χ1) is 33.4. The van der Waals surface area contributed by atoms with Gasteiger partial charge >= 0.3 is 0 Å². The van der Waals surface area contributed by atoms with Crippen LogP contribution in [0, 0.1) is 11.6 Å². The van der Waals surface area contributed by atoms with Crippen LogP contribution in [0.3, 0.4) is 0 Å². The maximum absolute atomic E-state index is 14.1. The number of Topliss-reactive ketones (excluding diaryl/α,β-unsaturated/α-hetero) is 1. The second-order valence-electron chi connectivity index (χ2n) is 17.6. The van der Waals surface area contributed by atoms with Crippen molar-refractivity contribution in [2.45, 2.75) is 48.8 Å². The summed E-state index contributed by atoms with van der Waals surface area (Å²) >= 11 is 0. The van der Waals surface area contributed by atoms with Crippen LogP contribution >= 0.6 is 0 Å². The van der Waals surface area contributed by atoms with Gasteiger partial charge in [-0.05, 0) is 128 Å². The zero-order valence-corrected chi connectivity index (χ0v) is 37.2. The maximum Gasteiger partial charge on any atom is 0.268 e. The van der Waals surface area contributed by atoms with Crippen LogP contribution in [0.25, 0.3) is 50.4 Å². The van der Waals surface area contributed by atoms with Gasteiger partial charge in [0.05, 0.1) is 67.4 Å². The Hall–Kier alpha value is -8.51. The Bertz CT molecular complexity index is 3910. The van der Waals surface area contributed by atoms with E-state index in [1.165, 1.54) is 72.4 Å². The van der Waals surface area contributed by atoms with E-state index in [1.54, 1.807) is 41.1 Å². The summed E-state index contributed by atoms with van der Waals surface area (Å²) in [6.45, 7) is 0. The van der Waals surface area contributed by atoms with Gasteiger partial charge in [-0.2, -0.15) is 10.2 Å². The molecular weight excluding hydrogens is 901 g/mol. The van der Waals surface area contributed by atoms with Gasteiger partial charge in [0.25, 0.3) is 10.0 Å². The number of allylic oxidation sites excluding steroid dienone is 1. The third kappa shape index (κ3) is 7.36. The average Bonchev–Trinajstić information content (AvgIpc) is 4.02. The summed E-state index contributed by atoms with van der Waals surface area (Å²) < 4.78 is 58.8. The number of H-pyrrole nitrogens is 2. The van der Waals surface area contributed by atoms with Gasteiger partial charge in [-0.25, -0.2) is 40.5 Å². The summed E-state index contributed by atoms with van der Waals surface area (Å²) in [5.74, 6) is 1.59. The molecule has 5 aromatic heterocycles. The van der Waals surface area contributed by atoms with Gasteiger partial charge in [0, 0.05) is 29.2 Å². The van der Waals surface area contributed by atoms with Crippen LogP contribution in [-0.4, -0.2) is 63.5 Å². The highest BCUT2D eigenvalue weighted by Gasteiger charge is 2.31. The lowest BCUT2D eigenvalue weighted by atomic mass is 10.0. The van der Waals surface area contributed by atoms with Crippen molar-refractivity contribution in [3.63, 3.8) is 0 Å². The third-order valence-corrected chi connectivity index (χ3v) is 14.6. The van der Waals surface area contributed by atoms with E-state index in [-0.39, 0.29) is 50.3 Å². The van der Waals surface area contributed by atoms with Gasteiger partial charge in [0.15, 0.2) is 5.78 Å². The number of nitrogens with one attached hydrogen (secondary N) is 2. The molecule has 18 heteroatoms. The summed E-state index contributed by atoms with van der Waals surface area (Å²) in [4.78, 5) is 42.9. The Morgan fingerprint density at radius 3 is 1.81 bits per heavy atom. The molecule has 0 atom stereocenters. The topological polar surface area (TPSA) is 218 Å². The van der Waals surface area contributed by atoms with Crippen molar-refractivity contribution in [1.82, 2.24) is 43.5 Å². The van der Waals surface area contributed by atoms with Crippen LogP contribution in [-0.2, 0) is 16.4 Å². The molecule has 342 valence electrons. The Kier molecular flexibility index (Phi) is 9.59. The number of carbonyl (C=O) groups excluding carboxylic acids is 2. The van der Waals surface area contributed by atoms with Crippen LogP contribution in [0.5, 0.6) is 0 Å². The lowest BCUT2D eigenvalue weighted by Gasteiger charge is -2.11. The fourth-order valence-corrected chi connectivity index (χ4v) is 10.4. The largest absolute Gasteiger partial charge is 0.383 e. The van der Waals surface area contributed by atoms with Crippen molar-refractivity contribution in [3.05, 3.63) is 178 Å². The van der Waals surface area contributed by atoms with Gasteiger partial charge in [-0.1, -0.05) is 24.3 Å². The number of hydrogen-bond acceptors (Lipinski definition) is 10. The minimum atomic E-state index is -4.21. The van der Waals surface area contributed by atoms with E-state index in [0.717, 1.165) is 73.4 Å². The molecule has 0 aliphatic heterocycles. The van der Waals surface area contributed by atoms with Crippen molar-refractivity contribution in [2.75, 3.05) is 11.5 Å². The summed E-state index contributed by atoms with van der Waals surface area (Å²) in [6.07, 6.45) is 9.59. The Morgan fingerprint density at radius 1 is 0.652 bits per heavy atom. The number of carbonyl (C=O) groups is 2. The normalized spacial score (nSPS) is 14.6. The van der Waals surface area contributed by atoms with E-state index in [4.69, 9.17) is 11.5 Å². The number of nitrogen functional groups attached to an aromatic ring is 2. The van der Waals surface area contributed by atoms with Crippen LogP contribution in [0.2, 0.25) is 0 Å². The molecule has 69 heavy (non-hydrogen) atoms. The van der Waals surface area contributed by atoms with Crippen molar-refractivity contribution in [3.8, 4) is 11.4 Å². The second kappa shape index (κ2) is 15.8. The molecule has 0 spiro atoms. The number of anilines is 2. The molecule has 5 aromatic carbocycles. The molecule has 13 rings (SSSR count). The molecule has 0 unspecified atom stereocenters. The minimum absolute atomic E-state index is 0.0111. The molecule has 2 saturated carbocycles. The van der Waals surface area contributed by atoms with E-state index in [2.05, 4.69) is 30.1 Å². The third-order valence-electron chi connectivity index (χ3n) is 12.8. The predicted octanol–water partition coefficient (Wildman–Crippen LogP) is 8.94. The van der Waals surface area contributed by atoms with Crippen molar-refractivity contribution in [2.24, 2.45) is 0 Å². The highest BCUT2D eigenvalue weighted by molar-refractivity contribution is 7.90. The quantitative estimate of drug-likeness (QED) is 0.0954. The highest BCUT2D eigenvalue weighted by Crippen LogP contribution is 2.40. The molecule has 3 aliphatic carbocycles. The van der Waals surface area contributed by atoms with Crippen LogP contribution < -0.4 is 11.5 Å².